The van der Waals surface area contributed by atoms with Crippen LogP contribution in [-0.2, 0) is 0 Å². The summed E-state index contributed by atoms with van der Waals surface area (Å²) >= 11 is 0. The van der Waals surface area contributed by atoms with Crippen LogP contribution in [0.2, 0.25) is 0 Å². The van der Waals surface area contributed by atoms with Crippen molar-refractivity contribution in [2.45, 2.75) is 84.5 Å². The van der Waals surface area contributed by atoms with Gasteiger partial charge in [0.1, 0.15) is 0 Å². The second-order valence-electron chi connectivity index (χ2n) is 5.08. The van der Waals surface area contributed by atoms with E-state index in [1.807, 2.05) is 0 Å². The van der Waals surface area contributed by atoms with E-state index in [1.165, 1.54) is 64.2 Å². The van der Waals surface area contributed by atoms with Crippen molar-refractivity contribution < 1.29 is 5.11 Å². The molecule has 0 aromatic carbocycles. The number of aliphatic hydroxyl groups is 1. The largest absolute Gasteiger partial charge is 0.396 e. The van der Waals surface area contributed by atoms with Crippen LogP contribution in [0.15, 0.2) is 0 Å². The molecule has 0 rings (SSSR count). The monoisotopic (exact) mass is 228 g/mol. The van der Waals surface area contributed by atoms with Crippen LogP contribution in [0.25, 0.3) is 0 Å². The van der Waals surface area contributed by atoms with Crippen molar-refractivity contribution in [3.8, 4) is 0 Å². The van der Waals surface area contributed by atoms with Crippen LogP contribution >= 0.6 is 0 Å². The molecule has 1 unspecified atom stereocenters. The fourth-order valence-electron chi connectivity index (χ4n) is 2.33. The van der Waals surface area contributed by atoms with Gasteiger partial charge >= 0.3 is 0 Å². The maximum Gasteiger partial charge on any atom is 0.0431 e. The van der Waals surface area contributed by atoms with E-state index in [4.69, 9.17) is 5.11 Å². The zero-order valence-electron chi connectivity index (χ0n) is 11.5. The minimum absolute atomic E-state index is 0.371. The summed E-state index contributed by atoms with van der Waals surface area (Å²) in [7, 11) is 0. The molecule has 1 N–H and O–H groups in total. The smallest absolute Gasteiger partial charge is 0.0431 e. The van der Waals surface area contributed by atoms with Crippen LogP contribution in [0.1, 0.15) is 84.5 Å². The first-order valence-corrected chi connectivity index (χ1v) is 7.46. The molecular weight excluding hydrogens is 196 g/mol. The summed E-state index contributed by atoms with van der Waals surface area (Å²) in [6.07, 6.45) is 14.7. The van der Waals surface area contributed by atoms with Crippen LogP contribution in [0.3, 0.4) is 0 Å². The van der Waals surface area contributed by atoms with E-state index in [2.05, 4.69) is 13.8 Å². The van der Waals surface area contributed by atoms with Crippen LogP contribution in [0.5, 0.6) is 0 Å². The molecule has 0 bridgehead atoms. The SMILES string of the molecule is CCCCCCC(CCCC)CCCCO. The Morgan fingerprint density at radius 3 is 1.81 bits per heavy atom. The van der Waals surface area contributed by atoms with Gasteiger partial charge in [-0.1, -0.05) is 78.1 Å². The Bertz CT molecular complexity index is 123. The average molecular weight is 228 g/mol. The second kappa shape index (κ2) is 13.0. The van der Waals surface area contributed by atoms with E-state index >= 15 is 0 Å². The Morgan fingerprint density at radius 1 is 0.688 bits per heavy atom. The lowest BCUT2D eigenvalue weighted by molar-refractivity contribution is 0.273. The molecule has 0 saturated carbocycles. The zero-order valence-corrected chi connectivity index (χ0v) is 11.5. The number of unbranched alkanes of at least 4 members (excludes halogenated alkanes) is 5. The molecule has 0 amide bonds. The fraction of sp³-hybridized carbons (Fsp3) is 1.00. The summed E-state index contributed by atoms with van der Waals surface area (Å²) in [4.78, 5) is 0. The third-order valence-corrected chi connectivity index (χ3v) is 3.45. The lowest BCUT2D eigenvalue weighted by Gasteiger charge is -2.16. The van der Waals surface area contributed by atoms with Crippen LogP contribution in [-0.4, -0.2) is 11.7 Å². The van der Waals surface area contributed by atoms with Crippen molar-refractivity contribution >= 4 is 0 Å². The van der Waals surface area contributed by atoms with Crippen molar-refractivity contribution in [3.63, 3.8) is 0 Å². The maximum atomic E-state index is 8.80. The Hall–Kier alpha value is -0.0400. The molecule has 0 aliphatic heterocycles. The van der Waals surface area contributed by atoms with E-state index in [0.717, 1.165) is 12.3 Å². The maximum absolute atomic E-state index is 8.80. The van der Waals surface area contributed by atoms with E-state index in [9.17, 15) is 0 Å². The average Bonchev–Trinajstić information content (AvgIpc) is 2.31. The molecule has 0 heterocycles. The van der Waals surface area contributed by atoms with Crippen LogP contribution < -0.4 is 0 Å². The standard InChI is InChI=1S/C15H32O/c1-3-5-7-8-12-15(11-6-4-2)13-9-10-14-16/h15-16H,3-14H2,1-2H3. The predicted octanol–water partition coefficient (Wildman–Crippen LogP) is 4.93. The molecule has 1 heteroatoms. The van der Waals surface area contributed by atoms with Gasteiger partial charge in [0.2, 0.25) is 0 Å². The first-order valence-electron chi connectivity index (χ1n) is 7.46. The molecular formula is C15H32O. The highest BCUT2D eigenvalue weighted by atomic mass is 16.2. The molecule has 16 heavy (non-hydrogen) atoms. The number of hydrogen-bond acceptors (Lipinski definition) is 1. The molecule has 0 radical (unpaired) electrons. The molecule has 0 spiro atoms. The third kappa shape index (κ3) is 10.5. The van der Waals surface area contributed by atoms with Gasteiger partial charge in [-0.15, -0.1) is 0 Å². The quantitative estimate of drug-likeness (QED) is 0.470. The molecule has 0 aliphatic rings. The summed E-state index contributed by atoms with van der Waals surface area (Å²) in [5.74, 6) is 0.934. The second-order valence-corrected chi connectivity index (χ2v) is 5.08. The molecule has 1 nitrogen and oxygen atoms in total. The van der Waals surface area contributed by atoms with E-state index in [1.54, 1.807) is 0 Å². The molecule has 0 aromatic rings. The summed E-state index contributed by atoms with van der Waals surface area (Å²) in [6, 6.07) is 0. The first kappa shape index (κ1) is 16.0. The number of hydrogen-bond donors (Lipinski definition) is 1. The molecule has 0 saturated heterocycles. The van der Waals surface area contributed by atoms with Crippen LogP contribution in [0, 0.1) is 5.92 Å². The minimum Gasteiger partial charge on any atom is -0.396 e. The van der Waals surface area contributed by atoms with Gasteiger partial charge in [0.05, 0.1) is 0 Å². The van der Waals surface area contributed by atoms with Crippen molar-refractivity contribution in [1.82, 2.24) is 0 Å². The Balaban J connectivity index is 3.54. The van der Waals surface area contributed by atoms with Crippen LogP contribution in [0.4, 0.5) is 0 Å². The van der Waals surface area contributed by atoms with Crippen molar-refractivity contribution in [2.75, 3.05) is 6.61 Å². The minimum atomic E-state index is 0.371. The highest BCUT2D eigenvalue weighted by Gasteiger charge is 2.07. The summed E-state index contributed by atoms with van der Waals surface area (Å²) < 4.78 is 0. The van der Waals surface area contributed by atoms with Gasteiger partial charge in [-0.2, -0.15) is 0 Å². The molecule has 0 fully saturated rings. The van der Waals surface area contributed by atoms with Gasteiger partial charge < -0.3 is 5.11 Å². The van der Waals surface area contributed by atoms with E-state index < -0.39 is 0 Å². The summed E-state index contributed by atoms with van der Waals surface area (Å²) in [5, 5.41) is 8.80. The van der Waals surface area contributed by atoms with Crippen molar-refractivity contribution in [1.29, 1.82) is 0 Å². The van der Waals surface area contributed by atoms with E-state index in [-0.39, 0.29) is 0 Å². The summed E-state index contributed by atoms with van der Waals surface area (Å²) in [6.45, 7) is 4.92. The third-order valence-electron chi connectivity index (χ3n) is 3.45. The summed E-state index contributed by atoms with van der Waals surface area (Å²) in [5.41, 5.74) is 0. The lowest BCUT2D eigenvalue weighted by atomic mass is 9.90. The molecule has 98 valence electrons. The molecule has 0 aromatic heterocycles. The predicted molar refractivity (Wildman–Crippen MR) is 72.7 cm³/mol. The van der Waals surface area contributed by atoms with Gasteiger partial charge in [-0.3, -0.25) is 0 Å². The topological polar surface area (TPSA) is 20.2 Å². The van der Waals surface area contributed by atoms with Gasteiger partial charge in [-0.25, -0.2) is 0 Å². The normalized spacial score (nSPS) is 12.9. The Kier molecular flexibility index (Phi) is 13.0. The van der Waals surface area contributed by atoms with Gasteiger partial charge in [0, 0.05) is 6.61 Å². The first-order chi connectivity index (χ1) is 7.85. The molecule has 0 aliphatic carbocycles. The Morgan fingerprint density at radius 2 is 1.25 bits per heavy atom. The zero-order chi connectivity index (χ0) is 12.1. The van der Waals surface area contributed by atoms with E-state index in [0.29, 0.717) is 6.61 Å². The van der Waals surface area contributed by atoms with Gasteiger partial charge in [0.15, 0.2) is 0 Å². The molecule has 1 atom stereocenters. The van der Waals surface area contributed by atoms with Crippen molar-refractivity contribution in [2.24, 2.45) is 5.92 Å². The number of aliphatic hydroxyl groups excluding tert-OH is 1. The van der Waals surface area contributed by atoms with Gasteiger partial charge in [-0.05, 0) is 12.3 Å². The van der Waals surface area contributed by atoms with Gasteiger partial charge in [0.25, 0.3) is 0 Å². The number of rotatable bonds is 12. The highest BCUT2D eigenvalue weighted by Crippen LogP contribution is 2.22. The van der Waals surface area contributed by atoms with Crippen molar-refractivity contribution in [3.05, 3.63) is 0 Å². The highest BCUT2D eigenvalue weighted by molar-refractivity contribution is 4.60. The fourth-order valence-corrected chi connectivity index (χ4v) is 2.33. The lowest BCUT2D eigenvalue weighted by Crippen LogP contribution is -2.01. The Labute approximate surface area is 103 Å².